The van der Waals surface area contributed by atoms with Crippen molar-refractivity contribution >= 4 is 34.0 Å². The summed E-state index contributed by atoms with van der Waals surface area (Å²) in [5.74, 6) is 1.23. The molecule has 3 aromatic rings. The van der Waals surface area contributed by atoms with E-state index >= 15 is 0 Å². The summed E-state index contributed by atoms with van der Waals surface area (Å²) in [5.41, 5.74) is 4.54. The monoisotopic (exact) mass is 620 g/mol. The van der Waals surface area contributed by atoms with Crippen LogP contribution in [0.3, 0.4) is 0 Å². The first-order valence-electron chi connectivity index (χ1n) is 15.1. The van der Waals surface area contributed by atoms with E-state index in [9.17, 15) is 14.4 Å². The lowest BCUT2D eigenvalue weighted by atomic mass is 9.95. The molecule has 2 aliphatic rings. The van der Waals surface area contributed by atoms with Gasteiger partial charge in [0, 0.05) is 30.3 Å². The number of nitrogens with one attached hydrogen (secondary N) is 3. The maximum Gasteiger partial charge on any atom is 0.226 e. The molecule has 1 heterocycles. The van der Waals surface area contributed by atoms with Crippen molar-refractivity contribution < 1.29 is 23.8 Å². The average molecular weight is 621 g/mol. The highest BCUT2D eigenvalue weighted by molar-refractivity contribution is 7.15. The van der Waals surface area contributed by atoms with Crippen molar-refractivity contribution in [2.75, 3.05) is 38.5 Å². The maximum absolute atomic E-state index is 13.5. The van der Waals surface area contributed by atoms with Crippen molar-refractivity contribution in [1.82, 2.24) is 10.3 Å². The number of aromatic nitrogens is 1. The van der Waals surface area contributed by atoms with Gasteiger partial charge < -0.3 is 30.2 Å². The SMILES string of the molecule is COc1cc2c(c(OC)c1OC)-c1ccc(NCCCC(=O)Nc3nc4c(s3)CCCCC4)c(=O)cc1C(NC(C)=O)CC2. The number of ether oxygens (including phenoxy) is 3. The van der Waals surface area contributed by atoms with Crippen LogP contribution in [0.5, 0.6) is 17.2 Å². The third kappa shape index (κ3) is 6.83. The van der Waals surface area contributed by atoms with Gasteiger partial charge in [-0.05, 0) is 79.8 Å². The number of nitrogens with zero attached hydrogens (tertiary/aromatic N) is 1. The lowest BCUT2D eigenvalue weighted by molar-refractivity contribution is -0.119. The second kappa shape index (κ2) is 14.1. The summed E-state index contributed by atoms with van der Waals surface area (Å²) in [6.45, 7) is 1.91. The van der Waals surface area contributed by atoms with Crippen LogP contribution < -0.4 is 35.6 Å². The van der Waals surface area contributed by atoms with E-state index in [1.165, 1.54) is 24.6 Å². The first kappa shape index (κ1) is 31.3. The Labute approximate surface area is 261 Å². The Bertz CT molecular complexity index is 1580. The lowest BCUT2D eigenvalue weighted by Gasteiger charge is -2.19. The number of amides is 2. The quantitative estimate of drug-likeness (QED) is 0.203. The molecule has 0 saturated heterocycles. The van der Waals surface area contributed by atoms with Gasteiger partial charge in [-0.15, -0.1) is 11.3 Å². The van der Waals surface area contributed by atoms with Gasteiger partial charge in [-0.2, -0.15) is 0 Å². The fraction of sp³-hybridized carbons (Fsp3) is 0.455. The standard InChI is InChI=1S/C33H40N4O6S/c1-19(38)35-23-14-12-20-17-27(41-2)31(42-3)32(43-4)30(20)21-13-15-24(26(39)18-22(21)23)34-16-8-11-29(40)37-33-36-25-9-6-5-7-10-28(25)44-33/h13,15,17-18,23H,5-12,14,16H2,1-4H3,(H,34,39)(H,35,38)(H,36,37,40). The number of aryl methyl sites for hydroxylation is 3. The van der Waals surface area contributed by atoms with Gasteiger partial charge in [0.25, 0.3) is 0 Å². The zero-order valence-electron chi connectivity index (χ0n) is 25.8. The Morgan fingerprint density at radius 1 is 1.00 bits per heavy atom. The maximum atomic E-state index is 13.5. The van der Waals surface area contributed by atoms with Gasteiger partial charge in [0.1, 0.15) is 0 Å². The fourth-order valence-electron chi connectivity index (χ4n) is 6.09. The molecule has 2 aliphatic carbocycles. The minimum absolute atomic E-state index is 0.0883. The molecular formula is C33H40N4O6S. The number of carbonyl (C=O) groups excluding carboxylic acids is 2. The Kier molecular flexibility index (Phi) is 10.0. The molecule has 3 N–H and O–H groups in total. The van der Waals surface area contributed by atoms with E-state index in [2.05, 4.69) is 20.9 Å². The Balaban J connectivity index is 1.36. The summed E-state index contributed by atoms with van der Waals surface area (Å²) in [6.07, 6.45) is 7.62. The fourth-order valence-corrected chi connectivity index (χ4v) is 7.16. The van der Waals surface area contributed by atoms with Crippen LogP contribution in [0.15, 0.2) is 29.1 Å². The number of thiazole rings is 1. The summed E-state index contributed by atoms with van der Waals surface area (Å²) >= 11 is 1.58. The Morgan fingerprint density at radius 3 is 2.55 bits per heavy atom. The molecule has 0 radical (unpaired) electrons. The first-order valence-corrected chi connectivity index (χ1v) is 15.9. The molecule has 5 rings (SSSR count). The highest BCUT2D eigenvalue weighted by Gasteiger charge is 2.29. The molecule has 2 aromatic carbocycles. The van der Waals surface area contributed by atoms with Crippen molar-refractivity contribution in [3.05, 3.63) is 56.2 Å². The molecule has 0 aliphatic heterocycles. The molecule has 1 aromatic heterocycles. The largest absolute Gasteiger partial charge is 0.493 e. The molecule has 0 saturated carbocycles. The average Bonchev–Trinajstić information content (AvgIpc) is 3.11. The number of anilines is 2. The van der Waals surface area contributed by atoms with Crippen LogP contribution in [-0.2, 0) is 28.9 Å². The summed E-state index contributed by atoms with van der Waals surface area (Å²) < 4.78 is 17.1. The zero-order chi connectivity index (χ0) is 31.2. The topological polar surface area (TPSA) is 128 Å². The molecule has 1 atom stereocenters. The number of hydrogen-bond acceptors (Lipinski definition) is 9. The van der Waals surface area contributed by atoms with E-state index in [1.54, 1.807) is 44.8 Å². The molecule has 1 unspecified atom stereocenters. The van der Waals surface area contributed by atoms with Gasteiger partial charge in [0.2, 0.25) is 23.0 Å². The van der Waals surface area contributed by atoms with E-state index in [0.717, 1.165) is 41.6 Å². The van der Waals surface area contributed by atoms with E-state index in [-0.39, 0.29) is 23.3 Å². The van der Waals surface area contributed by atoms with E-state index in [4.69, 9.17) is 14.2 Å². The van der Waals surface area contributed by atoms with Gasteiger partial charge in [-0.3, -0.25) is 14.4 Å². The van der Waals surface area contributed by atoms with Crippen LogP contribution in [0, 0.1) is 0 Å². The molecule has 0 fully saturated rings. The number of methoxy groups -OCH3 is 3. The predicted molar refractivity (Wildman–Crippen MR) is 172 cm³/mol. The number of fused-ring (bicyclic) bond motifs is 4. The molecule has 11 heteroatoms. The first-order chi connectivity index (χ1) is 21.3. The highest BCUT2D eigenvalue weighted by Crippen LogP contribution is 2.50. The third-order valence-electron chi connectivity index (χ3n) is 8.15. The van der Waals surface area contributed by atoms with Crippen LogP contribution >= 0.6 is 11.3 Å². The van der Waals surface area contributed by atoms with E-state index in [1.807, 2.05) is 12.1 Å². The second-order valence-electron chi connectivity index (χ2n) is 11.1. The van der Waals surface area contributed by atoms with Crippen LogP contribution in [0.2, 0.25) is 0 Å². The van der Waals surface area contributed by atoms with Gasteiger partial charge in [0.05, 0.1) is 38.8 Å². The zero-order valence-corrected chi connectivity index (χ0v) is 26.6. The number of carbonyl (C=O) groups is 2. The van der Waals surface area contributed by atoms with Crippen LogP contribution in [0.1, 0.15) is 73.2 Å². The Morgan fingerprint density at radius 2 is 1.80 bits per heavy atom. The van der Waals surface area contributed by atoms with Crippen LogP contribution in [0.25, 0.3) is 11.1 Å². The normalized spacial score (nSPS) is 15.4. The second-order valence-corrected chi connectivity index (χ2v) is 12.2. The molecular weight excluding hydrogens is 580 g/mol. The van der Waals surface area contributed by atoms with Gasteiger partial charge >= 0.3 is 0 Å². The molecule has 0 bridgehead atoms. The molecule has 10 nitrogen and oxygen atoms in total. The van der Waals surface area contributed by atoms with Crippen molar-refractivity contribution in [1.29, 1.82) is 0 Å². The Hall–Kier alpha value is -4.12. The molecule has 2 amide bonds. The van der Waals surface area contributed by atoms with Crippen molar-refractivity contribution in [3.8, 4) is 28.4 Å². The molecule has 0 spiro atoms. The summed E-state index contributed by atoms with van der Waals surface area (Å²) in [5, 5.41) is 9.86. The van der Waals surface area contributed by atoms with Crippen molar-refractivity contribution in [2.45, 2.75) is 70.8 Å². The smallest absolute Gasteiger partial charge is 0.226 e. The summed E-state index contributed by atoms with van der Waals surface area (Å²) in [6, 6.07) is 6.76. The summed E-state index contributed by atoms with van der Waals surface area (Å²) in [4.78, 5) is 44.2. The highest BCUT2D eigenvalue weighted by atomic mass is 32.1. The van der Waals surface area contributed by atoms with E-state index in [0.29, 0.717) is 65.9 Å². The van der Waals surface area contributed by atoms with Gasteiger partial charge in [-0.1, -0.05) is 12.5 Å². The van der Waals surface area contributed by atoms with Gasteiger partial charge in [0.15, 0.2) is 16.6 Å². The van der Waals surface area contributed by atoms with Crippen LogP contribution in [-0.4, -0.2) is 44.7 Å². The predicted octanol–water partition coefficient (Wildman–Crippen LogP) is 5.42. The lowest BCUT2D eigenvalue weighted by Crippen LogP contribution is -2.26. The van der Waals surface area contributed by atoms with E-state index < -0.39 is 0 Å². The van der Waals surface area contributed by atoms with Crippen LogP contribution in [0.4, 0.5) is 10.8 Å². The van der Waals surface area contributed by atoms with Crippen molar-refractivity contribution in [3.63, 3.8) is 0 Å². The molecule has 234 valence electrons. The summed E-state index contributed by atoms with van der Waals surface area (Å²) in [7, 11) is 4.70. The third-order valence-corrected chi connectivity index (χ3v) is 9.23. The molecule has 44 heavy (non-hydrogen) atoms. The minimum atomic E-state index is -0.380. The number of benzene rings is 1. The van der Waals surface area contributed by atoms with Crippen molar-refractivity contribution in [2.24, 2.45) is 0 Å². The van der Waals surface area contributed by atoms with Gasteiger partial charge in [-0.25, -0.2) is 4.98 Å². The minimum Gasteiger partial charge on any atom is -0.493 e. The number of hydrogen-bond donors (Lipinski definition) is 3. The number of rotatable bonds is 10.